The summed E-state index contributed by atoms with van der Waals surface area (Å²) in [5, 5.41) is 12.9. The summed E-state index contributed by atoms with van der Waals surface area (Å²) in [6, 6.07) is 35.6. The molecule has 5 nitrogen and oxygen atoms in total. The van der Waals surface area contributed by atoms with Crippen molar-refractivity contribution in [1.29, 1.82) is 0 Å². The molecule has 5 rings (SSSR count). The Balaban J connectivity index is 1.40. The van der Waals surface area contributed by atoms with E-state index in [0.29, 0.717) is 22.3 Å². The molecule has 1 aromatic heterocycles. The Bertz CT molecular complexity index is 1520. The number of aromatic carboxylic acids is 1. The number of nitrogens with one attached hydrogen (secondary N) is 1. The Labute approximate surface area is 212 Å². The van der Waals surface area contributed by atoms with Crippen LogP contribution in [0.3, 0.4) is 0 Å². The second-order valence-corrected chi connectivity index (χ2v) is 9.34. The van der Waals surface area contributed by atoms with Gasteiger partial charge < -0.3 is 10.4 Å². The molecule has 0 spiro atoms. The summed E-state index contributed by atoms with van der Waals surface area (Å²) >= 11 is 1.50. The molecule has 176 valence electrons. The van der Waals surface area contributed by atoms with Crippen LogP contribution in [0.2, 0.25) is 0 Å². The number of thioether (sulfide) groups is 1. The molecule has 0 aliphatic carbocycles. The minimum atomic E-state index is -0.999. The molecule has 0 saturated carbocycles. The fourth-order valence-corrected chi connectivity index (χ4v) is 5.01. The maximum Gasteiger partial charge on any atom is 0.336 e. The molecule has 1 amide bonds. The maximum atomic E-state index is 13.3. The van der Waals surface area contributed by atoms with E-state index in [0.717, 1.165) is 16.0 Å². The fraction of sp³-hybridized carbons (Fsp3) is 0.0333. The zero-order valence-corrected chi connectivity index (χ0v) is 20.0. The molecular formula is C30H22N2O3S. The molecule has 36 heavy (non-hydrogen) atoms. The first-order valence-corrected chi connectivity index (χ1v) is 12.3. The van der Waals surface area contributed by atoms with E-state index in [1.54, 1.807) is 36.4 Å². The van der Waals surface area contributed by atoms with Crippen LogP contribution in [-0.2, 0) is 4.79 Å². The number of carboxylic acids is 1. The van der Waals surface area contributed by atoms with Crippen LogP contribution in [0.25, 0.3) is 22.2 Å². The number of rotatable bonds is 7. The highest BCUT2D eigenvalue weighted by Gasteiger charge is 2.22. The maximum absolute atomic E-state index is 13.3. The highest BCUT2D eigenvalue weighted by Crippen LogP contribution is 2.36. The molecule has 0 radical (unpaired) electrons. The normalized spacial score (nSPS) is 11.7. The average molecular weight is 491 g/mol. The van der Waals surface area contributed by atoms with E-state index in [-0.39, 0.29) is 11.5 Å². The van der Waals surface area contributed by atoms with Crippen LogP contribution in [0.15, 0.2) is 120 Å². The van der Waals surface area contributed by atoms with Gasteiger partial charge in [-0.1, -0.05) is 78.9 Å². The van der Waals surface area contributed by atoms with Crippen molar-refractivity contribution in [2.45, 2.75) is 10.1 Å². The van der Waals surface area contributed by atoms with E-state index in [1.165, 1.54) is 11.8 Å². The van der Waals surface area contributed by atoms with Crippen molar-refractivity contribution in [1.82, 2.24) is 4.98 Å². The Morgan fingerprint density at radius 1 is 0.778 bits per heavy atom. The molecule has 2 N–H and O–H groups in total. The molecule has 1 heterocycles. The predicted molar refractivity (Wildman–Crippen MR) is 144 cm³/mol. The van der Waals surface area contributed by atoms with Crippen LogP contribution >= 0.6 is 11.8 Å². The third-order valence-corrected chi connectivity index (χ3v) is 7.00. The lowest BCUT2D eigenvalue weighted by Crippen LogP contribution is -2.19. The second-order valence-electron chi connectivity index (χ2n) is 8.17. The molecule has 4 aromatic carbocycles. The number of benzene rings is 4. The molecule has 5 aromatic rings. The van der Waals surface area contributed by atoms with Crippen LogP contribution in [0.4, 0.5) is 5.69 Å². The first-order chi connectivity index (χ1) is 17.6. The first-order valence-electron chi connectivity index (χ1n) is 11.4. The van der Waals surface area contributed by atoms with E-state index in [2.05, 4.69) is 10.3 Å². The number of fused-ring (bicyclic) bond motifs is 1. The zero-order chi connectivity index (χ0) is 24.9. The van der Waals surface area contributed by atoms with E-state index >= 15 is 0 Å². The van der Waals surface area contributed by atoms with Crippen LogP contribution < -0.4 is 5.32 Å². The number of para-hydroxylation sites is 1. The topological polar surface area (TPSA) is 79.3 Å². The minimum Gasteiger partial charge on any atom is -0.478 e. The molecule has 1 unspecified atom stereocenters. The van der Waals surface area contributed by atoms with Gasteiger partial charge in [-0.05, 0) is 42.0 Å². The van der Waals surface area contributed by atoms with Gasteiger partial charge in [0.1, 0.15) is 5.25 Å². The largest absolute Gasteiger partial charge is 0.478 e. The number of carboxylic acid groups (broad SMARTS) is 1. The van der Waals surface area contributed by atoms with Crippen LogP contribution in [0, 0.1) is 0 Å². The Kier molecular flexibility index (Phi) is 6.78. The summed E-state index contributed by atoms with van der Waals surface area (Å²) in [4.78, 5) is 30.8. The standard InChI is InChI=1S/C30H22N2O3S/c33-29(28(21-9-3-1-4-10-21)36-23-11-5-2-6-12-23)31-22-17-15-20(16-18-22)27-19-25(30(34)35)24-13-7-8-14-26(24)32-27/h1-19,28H,(H,31,33)(H,34,35). The van der Waals surface area contributed by atoms with Gasteiger partial charge in [-0.2, -0.15) is 0 Å². The van der Waals surface area contributed by atoms with Gasteiger partial charge in [0, 0.05) is 21.5 Å². The Hall–Kier alpha value is -4.42. The summed E-state index contributed by atoms with van der Waals surface area (Å²) in [5.41, 5.74) is 3.72. The second kappa shape index (κ2) is 10.5. The van der Waals surface area contributed by atoms with Gasteiger partial charge in [-0.25, -0.2) is 9.78 Å². The van der Waals surface area contributed by atoms with Crippen molar-refractivity contribution >= 4 is 40.2 Å². The number of anilines is 1. The number of amides is 1. The van der Waals surface area contributed by atoms with Gasteiger partial charge in [-0.3, -0.25) is 4.79 Å². The average Bonchev–Trinajstić information content (AvgIpc) is 2.92. The smallest absolute Gasteiger partial charge is 0.336 e. The summed E-state index contributed by atoms with van der Waals surface area (Å²) < 4.78 is 0. The van der Waals surface area contributed by atoms with Crippen molar-refractivity contribution in [3.8, 4) is 11.3 Å². The third kappa shape index (κ3) is 5.14. The number of aromatic nitrogens is 1. The van der Waals surface area contributed by atoms with Crippen LogP contribution in [0.1, 0.15) is 21.2 Å². The van der Waals surface area contributed by atoms with Crippen molar-refractivity contribution in [3.05, 3.63) is 126 Å². The number of hydrogen-bond acceptors (Lipinski definition) is 4. The zero-order valence-electron chi connectivity index (χ0n) is 19.2. The van der Waals surface area contributed by atoms with Gasteiger partial charge in [0.2, 0.25) is 5.91 Å². The van der Waals surface area contributed by atoms with Crippen molar-refractivity contribution in [3.63, 3.8) is 0 Å². The summed E-state index contributed by atoms with van der Waals surface area (Å²) in [6.45, 7) is 0. The van der Waals surface area contributed by atoms with E-state index in [9.17, 15) is 14.7 Å². The van der Waals surface area contributed by atoms with Gasteiger partial charge in [0.15, 0.2) is 0 Å². The fourth-order valence-electron chi connectivity index (χ4n) is 3.97. The minimum absolute atomic E-state index is 0.125. The Morgan fingerprint density at radius 3 is 2.11 bits per heavy atom. The SMILES string of the molecule is O=C(O)c1cc(-c2ccc(NC(=O)C(Sc3ccccc3)c3ccccc3)cc2)nc2ccccc12. The van der Waals surface area contributed by atoms with Gasteiger partial charge in [-0.15, -0.1) is 11.8 Å². The molecule has 6 heteroatoms. The number of nitrogens with zero attached hydrogens (tertiary/aromatic N) is 1. The molecular weight excluding hydrogens is 468 g/mol. The van der Waals surface area contributed by atoms with Crippen LogP contribution in [0.5, 0.6) is 0 Å². The lowest BCUT2D eigenvalue weighted by Gasteiger charge is -2.17. The van der Waals surface area contributed by atoms with E-state index in [4.69, 9.17) is 0 Å². The van der Waals surface area contributed by atoms with Gasteiger partial charge in [0.25, 0.3) is 0 Å². The number of carbonyl (C=O) groups excluding carboxylic acids is 1. The summed E-state index contributed by atoms with van der Waals surface area (Å²) in [7, 11) is 0. The van der Waals surface area contributed by atoms with Crippen molar-refractivity contribution in [2.75, 3.05) is 5.32 Å². The predicted octanol–water partition coefficient (Wildman–Crippen LogP) is 7.07. The van der Waals surface area contributed by atoms with Crippen molar-refractivity contribution < 1.29 is 14.7 Å². The highest BCUT2D eigenvalue weighted by molar-refractivity contribution is 8.00. The highest BCUT2D eigenvalue weighted by atomic mass is 32.2. The first kappa shape index (κ1) is 23.3. The van der Waals surface area contributed by atoms with Gasteiger partial charge in [0.05, 0.1) is 16.8 Å². The molecule has 0 aliphatic heterocycles. The van der Waals surface area contributed by atoms with E-state index in [1.807, 2.05) is 78.9 Å². The molecule has 0 aliphatic rings. The van der Waals surface area contributed by atoms with Gasteiger partial charge >= 0.3 is 5.97 Å². The quantitative estimate of drug-likeness (QED) is 0.239. The van der Waals surface area contributed by atoms with E-state index < -0.39 is 11.2 Å². The Morgan fingerprint density at radius 2 is 1.42 bits per heavy atom. The lowest BCUT2D eigenvalue weighted by atomic mass is 10.0. The third-order valence-electron chi connectivity index (χ3n) is 5.73. The summed E-state index contributed by atoms with van der Waals surface area (Å²) in [5.74, 6) is -1.12. The number of carbonyl (C=O) groups is 2. The van der Waals surface area contributed by atoms with Crippen molar-refractivity contribution in [2.24, 2.45) is 0 Å². The molecule has 0 saturated heterocycles. The molecule has 0 bridgehead atoms. The summed E-state index contributed by atoms with van der Waals surface area (Å²) in [6.07, 6.45) is 0. The monoisotopic (exact) mass is 490 g/mol. The number of hydrogen-bond donors (Lipinski definition) is 2. The van der Waals surface area contributed by atoms with Crippen LogP contribution in [-0.4, -0.2) is 22.0 Å². The number of pyridine rings is 1. The molecule has 1 atom stereocenters. The molecule has 0 fully saturated rings. The lowest BCUT2D eigenvalue weighted by molar-refractivity contribution is -0.115.